The number of fused-ring (bicyclic) bond motifs is 2. The van der Waals surface area contributed by atoms with E-state index in [0.29, 0.717) is 43.6 Å². The van der Waals surface area contributed by atoms with E-state index >= 15 is 0 Å². The number of carbonyl (C=O) groups is 6. The smallest absolute Gasteiger partial charge is 0.410 e. The van der Waals surface area contributed by atoms with Gasteiger partial charge in [0.15, 0.2) is 11.5 Å². The lowest BCUT2D eigenvalue weighted by molar-refractivity contribution is -0.145. The molecule has 3 heterocycles. The predicted molar refractivity (Wildman–Crippen MR) is 218 cm³/mol. The summed E-state index contributed by atoms with van der Waals surface area (Å²) < 4.78 is 50.2. The fourth-order valence-corrected chi connectivity index (χ4v) is 10.5. The summed E-state index contributed by atoms with van der Waals surface area (Å²) in [6.45, 7) is 10.9. The first kappa shape index (κ1) is 44.3. The van der Waals surface area contributed by atoms with Crippen molar-refractivity contribution in [1.29, 1.82) is 0 Å². The molecule has 336 valence electrons. The maximum absolute atomic E-state index is 14.9. The summed E-state index contributed by atoms with van der Waals surface area (Å²) in [5, 5.41) is 7.82. The molecule has 0 aromatic heterocycles. The molecule has 6 amide bonds. The van der Waals surface area contributed by atoms with Crippen LogP contribution in [0.3, 0.4) is 0 Å². The van der Waals surface area contributed by atoms with Crippen LogP contribution in [0.25, 0.3) is 0 Å². The first-order valence-electron chi connectivity index (χ1n) is 21.6. The zero-order valence-electron chi connectivity index (χ0n) is 35.9. The Labute approximate surface area is 356 Å². The number of hydrogen-bond acceptors (Lipinski definition) is 12. The summed E-state index contributed by atoms with van der Waals surface area (Å²) in [7, 11) is -3.93. The van der Waals surface area contributed by atoms with Gasteiger partial charge in [-0.05, 0) is 86.5 Å². The second kappa shape index (κ2) is 17.2. The van der Waals surface area contributed by atoms with Gasteiger partial charge in [0.2, 0.25) is 34.5 Å². The van der Waals surface area contributed by atoms with Gasteiger partial charge in [-0.2, -0.15) is 0 Å². The van der Waals surface area contributed by atoms with Gasteiger partial charge in [-0.1, -0.05) is 53.4 Å². The number of ether oxygens (including phenoxy) is 4. The molecule has 1 aromatic rings. The zero-order valence-corrected chi connectivity index (χ0v) is 36.7. The average molecular weight is 873 g/mol. The Balaban J connectivity index is 1.12. The number of alkyl carbamates (subject to hydrolysis) is 1. The van der Waals surface area contributed by atoms with E-state index in [1.165, 1.54) is 9.80 Å². The first-order chi connectivity index (χ1) is 28.8. The van der Waals surface area contributed by atoms with Crippen molar-refractivity contribution in [2.75, 3.05) is 13.3 Å². The number of likely N-dealkylation sites (tertiary alicyclic amines) is 1. The highest BCUT2D eigenvalue weighted by Crippen LogP contribution is 2.47. The lowest BCUT2D eigenvalue weighted by Gasteiger charge is -2.37. The maximum atomic E-state index is 14.9. The fraction of sp³-hybridized carbons (Fsp3) is 0.714. The Morgan fingerprint density at radius 3 is 2.13 bits per heavy atom. The van der Waals surface area contributed by atoms with Crippen LogP contribution in [0.5, 0.6) is 11.5 Å². The summed E-state index contributed by atoms with van der Waals surface area (Å²) in [6, 6.07) is 0.172. The summed E-state index contributed by atoms with van der Waals surface area (Å²) in [4.78, 5) is 86.7. The molecule has 4 N–H and O–H groups in total. The lowest BCUT2D eigenvalue weighted by atomic mass is 9.82. The van der Waals surface area contributed by atoms with Gasteiger partial charge in [-0.25, -0.2) is 18.0 Å². The number of rotatable bonds is 13. The minimum atomic E-state index is -3.93. The molecule has 3 saturated carbocycles. The number of hydrogen-bond donors (Lipinski definition) is 4. The molecule has 6 atom stereocenters. The quantitative estimate of drug-likeness (QED) is 0.224. The van der Waals surface area contributed by atoms with Crippen LogP contribution in [0, 0.1) is 17.3 Å². The maximum Gasteiger partial charge on any atom is 0.410 e. The van der Waals surface area contributed by atoms with Crippen LogP contribution in [-0.2, 0) is 51.8 Å². The van der Waals surface area contributed by atoms with Crippen LogP contribution in [-0.4, -0.2) is 108 Å². The van der Waals surface area contributed by atoms with Crippen molar-refractivity contribution in [2.24, 2.45) is 17.3 Å². The Kier molecular flexibility index (Phi) is 12.4. The Morgan fingerprint density at radius 2 is 1.57 bits per heavy atom. The molecule has 19 heteroatoms. The molecular formula is C42H60N6O12S. The fourth-order valence-electron chi connectivity index (χ4n) is 9.09. The summed E-state index contributed by atoms with van der Waals surface area (Å²) >= 11 is 0. The number of sulfonamides is 1. The molecule has 0 bridgehead atoms. The minimum absolute atomic E-state index is 0.116. The van der Waals surface area contributed by atoms with Crippen LogP contribution in [0.15, 0.2) is 12.1 Å². The third kappa shape index (κ3) is 9.65. The molecule has 1 aromatic carbocycles. The molecule has 4 fully saturated rings. The molecule has 0 unspecified atom stereocenters. The normalized spacial score (nSPS) is 25.6. The highest BCUT2D eigenvalue weighted by atomic mass is 32.2. The number of amides is 6. The first-order valence-corrected chi connectivity index (χ1v) is 23.2. The van der Waals surface area contributed by atoms with Crippen molar-refractivity contribution in [3.63, 3.8) is 0 Å². The van der Waals surface area contributed by atoms with Gasteiger partial charge in [0, 0.05) is 19.5 Å². The molecule has 6 aliphatic rings. The molecule has 7 rings (SSSR count). The van der Waals surface area contributed by atoms with Crippen LogP contribution < -0.4 is 30.1 Å². The van der Waals surface area contributed by atoms with E-state index in [4.69, 9.17) is 18.9 Å². The largest absolute Gasteiger partial charge is 0.454 e. The van der Waals surface area contributed by atoms with Gasteiger partial charge in [-0.3, -0.25) is 28.8 Å². The van der Waals surface area contributed by atoms with Crippen molar-refractivity contribution >= 4 is 45.8 Å². The molecule has 61 heavy (non-hydrogen) atoms. The molecule has 18 nitrogen and oxygen atoms in total. The molecule has 0 spiro atoms. The number of nitrogens with one attached hydrogen (secondary N) is 4. The minimum Gasteiger partial charge on any atom is -0.454 e. The Hall–Kier alpha value is -4.81. The Morgan fingerprint density at radius 1 is 0.934 bits per heavy atom. The number of nitrogens with zero attached hydrogens (tertiary/aromatic N) is 2. The molecular weight excluding hydrogens is 813 g/mol. The molecule has 1 saturated heterocycles. The van der Waals surface area contributed by atoms with Crippen LogP contribution in [0.2, 0.25) is 0 Å². The van der Waals surface area contributed by atoms with Crippen molar-refractivity contribution in [3.05, 3.63) is 23.3 Å². The standard InChI is InChI=1S/C42H60N6O12S/c1-7-27-18-42(27,38(52)46-61(55,56)29-13-14-29)45-35(49)30-17-28(60-40(54)47-19-25-15-31-32(58-22-57-31)16-26(25)20-47)21-48(30)37(51)34(41(4,5)6)44-36(50)33(24-11-9-8-10-12-24)43-39(53)59-23(2)3/h15-16,23-24,27-30,33-34H,7-14,17-22H2,1-6H3,(H,43,53)(H,44,50)(H,45,49)(H,46,52)/t27-,28+,30-,33-,34+,42-/m0/s1. The highest BCUT2D eigenvalue weighted by molar-refractivity contribution is 7.91. The van der Waals surface area contributed by atoms with Crippen LogP contribution in [0.4, 0.5) is 9.59 Å². The van der Waals surface area contributed by atoms with E-state index in [0.717, 1.165) is 30.4 Å². The monoisotopic (exact) mass is 872 g/mol. The average Bonchev–Trinajstić information content (AvgIpc) is 4.02. The topological polar surface area (TPSA) is 228 Å². The van der Waals surface area contributed by atoms with Crippen LogP contribution >= 0.6 is 0 Å². The van der Waals surface area contributed by atoms with Crippen molar-refractivity contribution in [2.45, 2.75) is 160 Å². The summed E-state index contributed by atoms with van der Waals surface area (Å²) in [5.41, 5.74) is -0.708. The third-order valence-corrected chi connectivity index (χ3v) is 14.6. The number of carbonyl (C=O) groups excluding carboxylic acids is 6. The molecule has 3 aliphatic heterocycles. The Bertz CT molecular complexity index is 2000. The van der Waals surface area contributed by atoms with E-state index in [-0.39, 0.29) is 51.1 Å². The van der Waals surface area contributed by atoms with Gasteiger partial charge < -0.3 is 39.8 Å². The second-order valence-electron chi connectivity index (χ2n) is 18.8. The van der Waals surface area contributed by atoms with Crippen LogP contribution in [0.1, 0.15) is 117 Å². The van der Waals surface area contributed by atoms with Gasteiger partial charge in [-0.15, -0.1) is 0 Å². The van der Waals surface area contributed by atoms with E-state index in [9.17, 15) is 37.2 Å². The van der Waals surface area contributed by atoms with Crippen molar-refractivity contribution < 1.29 is 56.1 Å². The third-order valence-electron chi connectivity index (χ3n) is 12.8. The van der Waals surface area contributed by atoms with E-state index in [1.54, 1.807) is 34.6 Å². The number of benzene rings is 1. The SMILES string of the molecule is CC[C@H]1C[C@@]1(NC(=O)[C@@H]1C[C@@H](OC(=O)N2Cc3cc4c(cc3C2)OCO4)CN1C(=O)[C@@H](NC(=O)[C@@H](NC(=O)OC(C)C)C1CCCCC1)C(C)(C)C)C(=O)NS(=O)(=O)C1CC1. The lowest BCUT2D eigenvalue weighted by Crippen LogP contribution is -2.62. The van der Waals surface area contributed by atoms with Gasteiger partial charge >= 0.3 is 12.2 Å². The summed E-state index contributed by atoms with van der Waals surface area (Å²) in [5.74, 6) is -2.14. The predicted octanol–water partition coefficient (Wildman–Crippen LogP) is 3.34. The van der Waals surface area contributed by atoms with E-state index in [2.05, 4.69) is 20.7 Å². The van der Waals surface area contributed by atoms with Crippen molar-refractivity contribution in [1.82, 2.24) is 30.5 Å². The molecule has 3 aliphatic carbocycles. The zero-order chi connectivity index (χ0) is 44.0. The molecule has 0 radical (unpaired) electrons. The van der Waals surface area contributed by atoms with Crippen molar-refractivity contribution in [3.8, 4) is 11.5 Å². The van der Waals surface area contributed by atoms with Gasteiger partial charge in [0.25, 0.3) is 5.91 Å². The highest BCUT2D eigenvalue weighted by Gasteiger charge is 2.62. The van der Waals surface area contributed by atoms with Gasteiger partial charge in [0.1, 0.15) is 29.8 Å². The summed E-state index contributed by atoms with van der Waals surface area (Å²) in [6.07, 6.45) is 2.76. The second-order valence-corrected chi connectivity index (χ2v) is 20.8. The van der Waals surface area contributed by atoms with E-state index in [1.807, 2.05) is 19.1 Å². The van der Waals surface area contributed by atoms with Gasteiger partial charge in [0.05, 0.1) is 17.9 Å². The van der Waals surface area contributed by atoms with E-state index < -0.39 is 92.4 Å².